The maximum atomic E-state index is 13.4. The zero-order chi connectivity index (χ0) is 23.9. The van der Waals surface area contributed by atoms with Crippen LogP contribution in [0.5, 0.6) is 11.5 Å². The van der Waals surface area contributed by atoms with Gasteiger partial charge >= 0.3 is 0 Å². The number of fused-ring (bicyclic) bond motifs is 1. The van der Waals surface area contributed by atoms with Crippen molar-refractivity contribution in [3.05, 3.63) is 77.2 Å². The maximum absolute atomic E-state index is 13.4. The number of aromatic amines is 1. The third kappa shape index (κ3) is 5.24. The first-order valence-corrected chi connectivity index (χ1v) is 11.2. The van der Waals surface area contributed by atoms with Crippen molar-refractivity contribution in [1.29, 1.82) is 0 Å². The third-order valence-electron chi connectivity index (χ3n) is 5.17. The molecule has 0 radical (unpaired) electrons. The lowest BCUT2D eigenvalue weighted by molar-refractivity contribution is -0.110. The molecule has 0 aliphatic rings. The number of H-pyrrole nitrogens is 1. The molecule has 2 heterocycles. The zero-order valence-corrected chi connectivity index (χ0v) is 19.2. The molecule has 2 aromatic heterocycles. The molecule has 0 saturated carbocycles. The van der Waals surface area contributed by atoms with Gasteiger partial charge in [-0.3, -0.25) is 9.63 Å². The second-order valence-electron chi connectivity index (χ2n) is 7.57. The van der Waals surface area contributed by atoms with Gasteiger partial charge in [-0.2, -0.15) is 0 Å². The molecule has 9 heteroatoms. The molecule has 2 N–H and O–H groups in total. The SMILES string of the molecule is CCCC(CC=O)ONc1ncnc2[nH]cc(C(=O)c3ccc(Oc4ccccc4)cc3Cl)c12. The molecule has 1 unspecified atom stereocenters. The van der Waals surface area contributed by atoms with E-state index < -0.39 is 0 Å². The third-order valence-corrected chi connectivity index (χ3v) is 5.48. The number of aromatic nitrogens is 3. The van der Waals surface area contributed by atoms with Crippen LogP contribution in [-0.2, 0) is 9.63 Å². The number of nitrogens with zero attached hydrogens (tertiary/aromatic N) is 2. The van der Waals surface area contributed by atoms with E-state index in [4.69, 9.17) is 21.2 Å². The van der Waals surface area contributed by atoms with Crippen molar-refractivity contribution in [2.75, 3.05) is 5.48 Å². The van der Waals surface area contributed by atoms with Crippen LogP contribution in [0.1, 0.15) is 42.1 Å². The highest BCUT2D eigenvalue weighted by molar-refractivity contribution is 6.35. The highest BCUT2D eigenvalue weighted by Gasteiger charge is 2.21. The number of anilines is 1. The number of carbonyl (C=O) groups excluding carboxylic acids is 2. The molecular formula is C25H23ClN4O4. The van der Waals surface area contributed by atoms with E-state index in [0.717, 1.165) is 12.7 Å². The summed E-state index contributed by atoms with van der Waals surface area (Å²) in [5, 5.41) is 0.721. The number of para-hydroxylation sites is 1. The number of benzene rings is 2. The van der Waals surface area contributed by atoms with E-state index in [-0.39, 0.29) is 23.3 Å². The lowest BCUT2D eigenvalue weighted by Crippen LogP contribution is -2.18. The first-order valence-electron chi connectivity index (χ1n) is 10.8. The van der Waals surface area contributed by atoms with Gasteiger partial charge in [-0.25, -0.2) is 15.4 Å². The minimum Gasteiger partial charge on any atom is -0.457 e. The summed E-state index contributed by atoms with van der Waals surface area (Å²) >= 11 is 6.45. The molecule has 1 atom stereocenters. The second kappa shape index (κ2) is 10.9. The molecule has 0 bridgehead atoms. The van der Waals surface area contributed by atoms with E-state index in [0.29, 0.717) is 45.9 Å². The standard InChI is InChI=1S/C25H23ClN4O4/c1-2-6-17(11-12-31)34-30-25-22-20(14-27-24(22)28-15-29-25)23(32)19-10-9-18(13-21(19)26)33-16-7-4-3-5-8-16/h3-5,7-10,12-15,17H,2,6,11H2,1H3,(H2,27,28,29,30). The van der Waals surface area contributed by atoms with Crippen LogP contribution in [0.2, 0.25) is 5.02 Å². The van der Waals surface area contributed by atoms with Crippen molar-refractivity contribution in [3.63, 3.8) is 0 Å². The fourth-order valence-corrected chi connectivity index (χ4v) is 3.78. The summed E-state index contributed by atoms with van der Waals surface area (Å²) in [6, 6.07) is 14.2. The van der Waals surface area contributed by atoms with Crippen LogP contribution in [0.4, 0.5) is 5.82 Å². The van der Waals surface area contributed by atoms with Crippen molar-refractivity contribution < 1.29 is 19.2 Å². The molecule has 2 aromatic carbocycles. The molecule has 4 rings (SSSR count). The van der Waals surface area contributed by atoms with Gasteiger partial charge in [0.2, 0.25) is 0 Å². The molecule has 174 valence electrons. The van der Waals surface area contributed by atoms with Gasteiger partial charge in [0.15, 0.2) is 11.6 Å². The molecule has 4 aromatic rings. The number of halogens is 1. The molecule has 0 amide bonds. The van der Waals surface area contributed by atoms with Crippen LogP contribution in [-0.4, -0.2) is 33.1 Å². The molecule has 0 aliphatic heterocycles. The van der Waals surface area contributed by atoms with Crippen LogP contribution in [0, 0.1) is 0 Å². The van der Waals surface area contributed by atoms with Crippen molar-refractivity contribution in [2.24, 2.45) is 0 Å². The quantitative estimate of drug-likeness (QED) is 0.161. The largest absolute Gasteiger partial charge is 0.457 e. The van der Waals surface area contributed by atoms with Gasteiger partial charge in [-0.15, -0.1) is 0 Å². The number of hydrogen-bond donors (Lipinski definition) is 2. The fraction of sp³-hybridized carbons (Fsp3) is 0.200. The number of carbonyl (C=O) groups is 2. The Morgan fingerprint density at radius 1 is 1.15 bits per heavy atom. The van der Waals surface area contributed by atoms with Crippen LogP contribution >= 0.6 is 11.6 Å². The smallest absolute Gasteiger partial charge is 0.196 e. The molecular weight excluding hydrogens is 456 g/mol. The summed E-state index contributed by atoms with van der Waals surface area (Å²) < 4.78 is 5.79. The van der Waals surface area contributed by atoms with Crippen LogP contribution < -0.4 is 10.2 Å². The summed E-state index contributed by atoms with van der Waals surface area (Å²) in [4.78, 5) is 41.4. The fourth-order valence-electron chi connectivity index (χ4n) is 3.53. The van der Waals surface area contributed by atoms with Gasteiger partial charge in [0, 0.05) is 24.2 Å². The van der Waals surface area contributed by atoms with Gasteiger partial charge in [0.05, 0.1) is 22.1 Å². The van der Waals surface area contributed by atoms with Crippen LogP contribution in [0.3, 0.4) is 0 Å². The van der Waals surface area contributed by atoms with E-state index in [2.05, 4.69) is 20.4 Å². The van der Waals surface area contributed by atoms with E-state index in [1.165, 1.54) is 6.33 Å². The average molecular weight is 479 g/mol. The summed E-state index contributed by atoms with van der Waals surface area (Å²) in [5.41, 5.74) is 3.92. The molecule has 0 spiro atoms. The predicted octanol–water partition coefficient (Wildman–Crippen LogP) is 5.74. The first-order chi connectivity index (χ1) is 16.6. The Morgan fingerprint density at radius 3 is 2.71 bits per heavy atom. The van der Waals surface area contributed by atoms with Crippen molar-refractivity contribution in [3.8, 4) is 11.5 Å². The minimum atomic E-state index is -0.308. The first kappa shape index (κ1) is 23.4. The molecule has 0 fully saturated rings. The Kier molecular flexibility index (Phi) is 7.51. The van der Waals surface area contributed by atoms with E-state index >= 15 is 0 Å². The van der Waals surface area contributed by atoms with Crippen molar-refractivity contribution in [2.45, 2.75) is 32.3 Å². The van der Waals surface area contributed by atoms with E-state index in [9.17, 15) is 9.59 Å². The average Bonchev–Trinajstić information content (AvgIpc) is 3.28. The lowest BCUT2D eigenvalue weighted by Gasteiger charge is -2.15. The van der Waals surface area contributed by atoms with Crippen molar-refractivity contribution >= 4 is 40.5 Å². The molecule has 0 aliphatic carbocycles. The number of ether oxygens (including phenoxy) is 1. The van der Waals surface area contributed by atoms with E-state index in [1.54, 1.807) is 24.4 Å². The molecule has 34 heavy (non-hydrogen) atoms. The summed E-state index contributed by atoms with van der Waals surface area (Å²) in [5.74, 6) is 1.20. The summed E-state index contributed by atoms with van der Waals surface area (Å²) in [7, 11) is 0. The van der Waals surface area contributed by atoms with Gasteiger partial charge in [0.25, 0.3) is 0 Å². The highest BCUT2D eigenvalue weighted by atomic mass is 35.5. The Labute approximate surface area is 201 Å². The molecule has 8 nitrogen and oxygen atoms in total. The number of nitrogens with one attached hydrogen (secondary N) is 2. The Hall–Kier alpha value is -3.75. The van der Waals surface area contributed by atoms with Crippen molar-refractivity contribution in [1.82, 2.24) is 15.0 Å². The predicted molar refractivity (Wildman–Crippen MR) is 129 cm³/mol. The lowest BCUT2D eigenvalue weighted by atomic mass is 10.0. The maximum Gasteiger partial charge on any atom is 0.196 e. The Bertz CT molecular complexity index is 1290. The van der Waals surface area contributed by atoms with Gasteiger partial charge in [-0.1, -0.05) is 43.1 Å². The van der Waals surface area contributed by atoms with Gasteiger partial charge < -0.3 is 14.5 Å². The number of ketones is 1. The van der Waals surface area contributed by atoms with Gasteiger partial charge in [0.1, 0.15) is 29.8 Å². The number of hydrogen-bond acceptors (Lipinski definition) is 7. The highest BCUT2D eigenvalue weighted by Crippen LogP contribution is 2.31. The zero-order valence-electron chi connectivity index (χ0n) is 18.5. The topological polar surface area (TPSA) is 106 Å². The number of aldehydes is 1. The van der Waals surface area contributed by atoms with E-state index in [1.807, 2.05) is 37.3 Å². The Morgan fingerprint density at radius 2 is 1.97 bits per heavy atom. The normalized spacial score (nSPS) is 11.8. The monoisotopic (exact) mass is 478 g/mol. The van der Waals surface area contributed by atoms with Crippen LogP contribution in [0.25, 0.3) is 11.0 Å². The van der Waals surface area contributed by atoms with Crippen LogP contribution in [0.15, 0.2) is 61.1 Å². The minimum absolute atomic E-state index is 0.251. The van der Waals surface area contributed by atoms with Gasteiger partial charge in [-0.05, 0) is 30.7 Å². The molecule has 0 saturated heterocycles. The summed E-state index contributed by atoms with van der Waals surface area (Å²) in [6.07, 6.45) is 5.23. The number of rotatable bonds is 11. The summed E-state index contributed by atoms with van der Waals surface area (Å²) in [6.45, 7) is 2.01. The Balaban J connectivity index is 1.60. The second-order valence-corrected chi connectivity index (χ2v) is 7.97.